The highest BCUT2D eigenvalue weighted by Crippen LogP contribution is 2.24. The lowest BCUT2D eigenvalue weighted by molar-refractivity contribution is -0.123. The van der Waals surface area contributed by atoms with E-state index in [1.54, 1.807) is 17.6 Å². The molecule has 2 aromatic rings. The van der Waals surface area contributed by atoms with Gasteiger partial charge in [-0.3, -0.25) is 9.69 Å². The van der Waals surface area contributed by atoms with E-state index in [-0.39, 0.29) is 11.9 Å². The van der Waals surface area contributed by atoms with E-state index < -0.39 is 0 Å². The number of rotatable bonds is 5. The molecule has 3 heterocycles. The summed E-state index contributed by atoms with van der Waals surface area (Å²) < 4.78 is 5.33. The van der Waals surface area contributed by atoms with Crippen LogP contribution in [0.3, 0.4) is 0 Å². The van der Waals surface area contributed by atoms with Gasteiger partial charge in [0.2, 0.25) is 5.91 Å². The van der Waals surface area contributed by atoms with Crippen LogP contribution in [0.25, 0.3) is 0 Å². The molecule has 1 saturated heterocycles. The molecule has 1 fully saturated rings. The molecule has 0 bridgehead atoms. The molecule has 1 aliphatic rings. The Labute approximate surface area is 146 Å². The summed E-state index contributed by atoms with van der Waals surface area (Å²) in [6.07, 6.45) is 1.62. The van der Waals surface area contributed by atoms with Crippen molar-refractivity contribution in [3.63, 3.8) is 0 Å². The molecule has 0 radical (unpaired) electrons. The van der Waals surface area contributed by atoms with Crippen LogP contribution < -0.4 is 10.2 Å². The molecule has 3 rings (SSSR count). The maximum atomic E-state index is 12.3. The largest absolute Gasteiger partial charge is 0.467 e. The smallest absolute Gasteiger partial charge is 0.234 e. The van der Waals surface area contributed by atoms with E-state index in [0.29, 0.717) is 12.6 Å². The van der Waals surface area contributed by atoms with Gasteiger partial charge in [0.15, 0.2) is 5.13 Å². The second-order valence-corrected chi connectivity index (χ2v) is 7.19. The number of aryl methyl sites for hydroxylation is 1. The number of carbonyl (C=O) groups excluding carboxylic acids is 1. The molecule has 2 aromatic heterocycles. The Bertz CT molecular complexity index is 670. The molecular formula is C17H24N4O2S. The maximum absolute atomic E-state index is 12.3. The number of nitrogens with one attached hydrogen (secondary N) is 1. The molecule has 0 spiro atoms. The molecule has 0 aromatic carbocycles. The van der Waals surface area contributed by atoms with Crippen LogP contribution in [-0.4, -0.2) is 48.0 Å². The highest BCUT2D eigenvalue weighted by Gasteiger charge is 2.27. The van der Waals surface area contributed by atoms with Crippen LogP contribution in [0.5, 0.6) is 0 Å². The van der Waals surface area contributed by atoms with Crippen LogP contribution >= 0.6 is 11.3 Å². The van der Waals surface area contributed by atoms with Crippen LogP contribution in [0.2, 0.25) is 0 Å². The van der Waals surface area contributed by atoms with E-state index in [9.17, 15) is 4.79 Å². The fourth-order valence-electron chi connectivity index (χ4n) is 3.03. The molecule has 0 aliphatic carbocycles. The quantitative estimate of drug-likeness (QED) is 0.899. The van der Waals surface area contributed by atoms with Crippen LogP contribution in [0.4, 0.5) is 5.13 Å². The zero-order valence-electron chi connectivity index (χ0n) is 14.4. The van der Waals surface area contributed by atoms with E-state index >= 15 is 0 Å². The zero-order chi connectivity index (χ0) is 17.1. The van der Waals surface area contributed by atoms with Crippen molar-refractivity contribution in [1.29, 1.82) is 0 Å². The molecule has 6 nitrogen and oxygen atoms in total. The van der Waals surface area contributed by atoms with Crippen molar-refractivity contribution in [2.45, 2.75) is 32.9 Å². The van der Waals surface area contributed by atoms with Gasteiger partial charge in [-0.1, -0.05) is 0 Å². The van der Waals surface area contributed by atoms with Gasteiger partial charge in [-0.25, -0.2) is 4.98 Å². The lowest BCUT2D eigenvalue weighted by atomic mass is 10.2. The molecule has 0 saturated carbocycles. The van der Waals surface area contributed by atoms with Crippen LogP contribution in [0, 0.1) is 6.92 Å². The van der Waals surface area contributed by atoms with Gasteiger partial charge in [-0.05, 0) is 32.9 Å². The lowest BCUT2D eigenvalue weighted by Crippen LogP contribution is -2.54. The summed E-state index contributed by atoms with van der Waals surface area (Å²) in [5.41, 5.74) is 1.07. The number of thiazole rings is 1. The predicted molar refractivity (Wildman–Crippen MR) is 95.4 cm³/mol. The van der Waals surface area contributed by atoms with Gasteiger partial charge in [0.1, 0.15) is 5.76 Å². The van der Waals surface area contributed by atoms with Crippen molar-refractivity contribution in [2.75, 3.05) is 31.1 Å². The number of hydrogen-bond acceptors (Lipinski definition) is 6. The first kappa shape index (κ1) is 17.0. The fourth-order valence-corrected chi connectivity index (χ4v) is 3.97. The number of piperazine rings is 1. The average molecular weight is 348 g/mol. The minimum absolute atomic E-state index is 0.0321. The van der Waals surface area contributed by atoms with Gasteiger partial charge in [0, 0.05) is 31.1 Å². The summed E-state index contributed by atoms with van der Waals surface area (Å²) in [6.45, 7) is 9.18. The van der Waals surface area contributed by atoms with Gasteiger partial charge in [-0.2, -0.15) is 0 Å². The zero-order valence-corrected chi connectivity index (χ0v) is 15.2. The van der Waals surface area contributed by atoms with Crippen molar-refractivity contribution in [2.24, 2.45) is 0 Å². The molecule has 1 amide bonds. The minimum atomic E-state index is -0.107. The molecule has 2 atom stereocenters. The number of amides is 1. The minimum Gasteiger partial charge on any atom is -0.467 e. The Hall–Kier alpha value is -1.86. The Kier molecular flexibility index (Phi) is 5.20. The van der Waals surface area contributed by atoms with Gasteiger partial charge >= 0.3 is 0 Å². The summed E-state index contributed by atoms with van der Waals surface area (Å²) in [6, 6.07) is 3.95. The monoisotopic (exact) mass is 348 g/mol. The first-order valence-electron chi connectivity index (χ1n) is 8.27. The second-order valence-electron chi connectivity index (χ2n) is 6.35. The Morgan fingerprint density at radius 1 is 1.54 bits per heavy atom. The molecule has 1 aliphatic heterocycles. The third-order valence-corrected chi connectivity index (χ3v) is 5.27. The summed E-state index contributed by atoms with van der Waals surface area (Å²) in [7, 11) is 0. The Morgan fingerprint density at radius 3 is 3.00 bits per heavy atom. The molecule has 2 unspecified atom stereocenters. The normalized spacial score (nSPS) is 20.1. The van der Waals surface area contributed by atoms with Crippen molar-refractivity contribution < 1.29 is 9.21 Å². The third kappa shape index (κ3) is 3.96. The van der Waals surface area contributed by atoms with Crippen LogP contribution in [0.15, 0.2) is 28.2 Å². The van der Waals surface area contributed by atoms with Crippen LogP contribution in [-0.2, 0) is 4.79 Å². The molecule has 1 N–H and O–H groups in total. The number of hydrogen-bond donors (Lipinski definition) is 1. The standard InChI is InChI=1S/C17H24N4O2S/c1-12-11-24-17(18-12)21-7-6-20(9-13(21)2)10-16(22)19-14(3)15-5-4-8-23-15/h4-5,8,11,13-14H,6-7,9-10H2,1-3H3,(H,19,22). The fraction of sp³-hybridized carbons (Fsp3) is 0.529. The van der Waals surface area contributed by atoms with E-state index in [4.69, 9.17) is 4.42 Å². The first-order chi connectivity index (χ1) is 11.5. The van der Waals surface area contributed by atoms with Gasteiger partial charge in [0.05, 0.1) is 24.5 Å². The molecular weight excluding hydrogens is 324 g/mol. The van der Waals surface area contributed by atoms with Crippen molar-refractivity contribution >= 4 is 22.4 Å². The second kappa shape index (κ2) is 7.36. The van der Waals surface area contributed by atoms with Crippen molar-refractivity contribution in [3.05, 3.63) is 35.2 Å². The summed E-state index contributed by atoms with van der Waals surface area (Å²) in [4.78, 5) is 21.4. The SMILES string of the molecule is Cc1csc(N2CCN(CC(=O)NC(C)c3ccco3)CC2C)n1. The number of anilines is 1. The van der Waals surface area contributed by atoms with E-state index in [0.717, 1.165) is 36.2 Å². The topological polar surface area (TPSA) is 61.6 Å². The summed E-state index contributed by atoms with van der Waals surface area (Å²) >= 11 is 1.69. The highest BCUT2D eigenvalue weighted by molar-refractivity contribution is 7.13. The van der Waals surface area contributed by atoms with E-state index in [1.165, 1.54) is 0 Å². The maximum Gasteiger partial charge on any atom is 0.234 e. The summed E-state index contributed by atoms with van der Waals surface area (Å²) in [5.74, 6) is 0.810. The van der Waals surface area contributed by atoms with E-state index in [2.05, 4.69) is 32.4 Å². The van der Waals surface area contributed by atoms with Crippen molar-refractivity contribution in [3.8, 4) is 0 Å². The van der Waals surface area contributed by atoms with Gasteiger partial charge < -0.3 is 14.6 Å². The third-order valence-electron chi connectivity index (χ3n) is 4.28. The van der Waals surface area contributed by atoms with Gasteiger partial charge in [-0.15, -0.1) is 11.3 Å². The molecule has 130 valence electrons. The molecule has 24 heavy (non-hydrogen) atoms. The highest BCUT2D eigenvalue weighted by atomic mass is 32.1. The Balaban J connectivity index is 1.50. The van der Waals surface area contributed by atoms with Gasteiger partial charge in [0.25, 0.3) is 0 Å². The lowest BCUT2D eigenvalue weighted by Gasteiger charge is -2.39. The average Bonchev–Trinajstić information content (AvgIpc) is 3.18. The Morgan fingerprint density at radius 2 is 2.38 bits per heavy atom. The number of aromatic nitrogens is 1. The predicted octanol–water partition coefficient (Wildman–Crippen LogP) is 2.43. The van der Waals surface area contributed by atoms with Crippen LogP contribution in [0.1, 0.15) is 31.3 Å². The first-order valence-corrected chi connectivity index (χ1v) is 9.15. The number of carbonyl (C=O) groups is 1. The number of nitrogens with zero attached hydrogens (tertiary/aromatic N) is 3. The van der Waals surface area contributed by atoms with E-state index in [1.807, 2.05) is 26.0 Å². The summed E-state index contributed by atoms with van der Waals surface area (Å²) in [5, 5.41) is 6.15. The van der Waals surface area contributed by atoms with Crippen molar-refractivity contribution in [1.82, 2.24) is 15.2 Å². The number of furan rings is 1. The molecule has 7 heteroatoms.